The van der Waals surface area contributed by atoms with E-state index in [2.05, 4.69) is 25.5 Å². The minimum atomic E-state index is 0.119. The lowest BCUT2D eigenvalue weighted by Crippen LogP contribution is -3.06. The van der Waals surface area contributed by atoms with Gasteiger partial charge in [0.05, 0.1) is 14.1 Å². The molecule has 3 rings (SSSR count). The first-order valence-corrected chi connectivity index (χ1v) is 7.60. The number of guanidine groups is 1. The Hall–Kier alpha value is -2.84. The Bertz CT molecular complexity index is 821. The number of halogens is 1. The third-order valence-electron chi connectivity index (χ3n) is 3.35. The lowest BCUT2D eigenvalue weighted by molar-refractivity contribution is -0.735. The van der Waals surface area contributed by atoms with Gasteiger partial charge in [0.1, 0.15) is 34.2 Å². The average Bonchev–Trinajstić information content (AvgIpc) is 2.84. The maximum atomic E-state index is 5.86. The van der Waals surface area contributed by atoms with Crippen LogP contribution in [0, 0.1) is 0 Å². The van der Waals surface area contributed by atoms with E-state index in [0.29, 0.717) is 5.82 Å². The van der Waals surface area contributed by atoms with E-state index in [-0.39, 0.29) is 11.1 Å². The molecule has 0 saturated heterocycles. The van der Waals surface area contributed by atoms with Gasteiger partial charge in [0.15, 0.2) is 0 Å². The van der Waals surface area contributed by atoms with Gasteiger partial charge in [-0.15, -0.1) is 0 Å². The van der Waals surface area contributed by atoms with Crippen LogP contribution in [-0.4, -0.2) is 34.6 Å². The van der Waals surface area contributed by atoms with Crippen LogP contribution in [0.25, 0.3) is 0 Å². The van der Waals surface area contributed by atoms with Crippen molar-refractivity contribution in [3.05, 3.63) is 47.9 Å². The standard InChI is InChI=1S/C15H15ClN8/c1-23-7-8-24(2)15(23)22-21-11-5-3-10(4-6-11)18-13-9-12(16)19-14(17)20-13/h3-9H,1-2H3,(H2,17,19,20)/p+2. The highest BCUT2D eigenvalue weighted by Crippen LogP contribution is 2.21. The zero-order valence-corrected chi connectivity index (χ0v) is 14.0. The summed E-state index contributed by atoms with van der Waals surface area (Å²) in [5.41, 5.74) is 7.15. The van der Waals surface area contributed by atoms with Crippen LogP contribution >= 0.6 is 11.6 Å². The topological polar surface area (TPSA) is 96.0 Å². The number of rotatable bonds is 3. The number of benzene rings is 1. The second-order valence-electron chi connectivity index (χ2n) is 5.24. The van der Waals surface area contributed by atoms with E-state index >= 15 is 0 Å². The quantitative estimate of drug-likeness (QED) is 0.447. The first-order chi connectivity index (χ1) is 11.5. The normalized spacial score (nSPS) is 17.0. The number of hydrogen-bond acceptors (Lipinski definition) is 6. The van der Waals surface area contributed by atoms with E-state index in [1.165, 1.54) is 0 Å². The van der Waals surface area contributed by atoms with Crippen LogP contribution in [-0.2, 0) is 0 Å². The Labute approximate surface area is 144 Å². The van der Waals surface area contributed by atoms with E-state index in [0.717, 1.165) is 22.2 Å². The zero-order valence-electron chi connectivity index (χ0n) is 13.2. The van der Waals surface area contributed by atoms with Gasteiger partial charge in [0.25, 0.3) is 0 Å². The van der Waals surface area contributed by atoms with Gasteiger partial charge in [-0.1, -0.05) is 11.6 Å². The Kier molecular flexibility index (Phi) is 4.50. The number of nitrogen functional groups attached to an aromatic ring is 1. The summed E-state index contributed by atoms with van der Waals surface area (Å²) >= 11 is 5.86. The summed E-state index contributed by atoms with van der Waals surface area (Å²) in [7, 11) is 3.94. The van der Waals surface area contributed by atoms with E-state index in [9.17, 15) is 0 Å². The van der Waals surface area contributed by atoms with Gasteiger partial charge >= 0.3 is 5.96 Å². The molecular formula is C15H17ClN8+2. The summed E-state index contributed by atoms with van der Waals surface area (Å²) < 4.78 is 1.93. The molecule has 1 unspecified atom stereocenters. The minimum absolute atomic E-state index is 0.119. The number of anilines is 3. The van der Waals surface area contributed by atoms with Crippen molar-refractivity contribution in [2.75, 3.05) is 25.1 Å². The van der Waals surface area contributed by atoms with Gasteiger partial charge in [0, 0.05) is 11.8 Å². The first-order valence-electron chi connectivity index (χ1n) is 7.22. The summed E-state index contributed by atoms with van der Waals surface area (Å²) in [6.07, 6.45) is 3.95. The monoisotopic (exact) mass is 344 g/mol. The fourth-order valence-electron chi connectivity index (χ4n) is 2.16. The predicted octanol–water partition coefficient (Wildman–Crippen LogP) is 1.54. The van der Waals surface area contributed by atoms with Crippen LogP contribution in [0.4, 0.5) is 23.1 Å². The van der Waals surface area contributed by atoms with Crippen molar-refractivity contribution in [1.82, 2.24) is 9.97 Å². The number of aromatic nitrogens is 2. The molecule has 0 amide bonds. The molecule has 1 aromatic heterocycles. The average molecular weight is 345 g/mol. The smallest absolute Gasteiger partial charge is 0.368 e. The Morgan fingerprint density at radius 2 is 1.96 bits per heavy atom. The van der Waals surface area contributed by atoms with E-state index in [1.807, 2.05) is 55.3 Å². The molecule has 9 heteroatoms. The van der Waals surface area contributed by atoms with Crippen molar-refractivity contribution in [2.24, 2.45) is 10.2 Å². The van der Waals surface area contributed by atoms with Crippen LogP contribution in [0.15, 0.2) is 53.0 Å². The van der Waals surface area contributed by atoms with Gasteiger partial charge in [-0.25, -0.2) is 4.98 Å². The Morgan fingerprint density at radius 1 is 1.21 bits per heavy atom. The van der Waals surface area contributed by atoms with Gasteiger partial charge in [-0.2, -0.15) is 14.5 Å². The lowest BCUT2D eigenvalue weighted by Gasteiger charge is -2.06. The summed E-state index contributed by atoms with van der Waals surface area (Å²) in [6, 6.07) is 9.06. The van der Waals surface area contributed by atoms with E-state index in [1.54, 1.807) is 6.07 Å². The van der Waals surface area contributed by atoms with Gasteiger partial charge in [0.2, 0.25) is 5.95 Å². The SMILES string of the molecule is C[N+]1=C(N=Nc2ccc(Nc3cc(Cl)nc(N)n3)cc2)[NH+](C)C=C1. The molecule has 0 fully saturated rings. The first kappa shape index (κ1) is 16.0. The zero-order chi connectivity index (χ0) is 17.1. The van der Waals surface area contributed by atoms with E-state index < -0.39 is 0 Å². The highest BCUT2D eigenvalue weighted by atomic mass is 35.5. The summed E-state index contributed by atoms with van der Waals surface area (Å²) in [6.45, 7) is 0. The van der Waals surface area contributed by atoms with Crippen molar-refractivity contribution in [3.63, 3.8) is 0 Å². The van der Waals surface area contributed by atoms with Crippen LogP contribution in [0.3, 0.4) is 0 Å². The van der Waals surface area contributed by atoms with Crippen molar-refractivity contribution >= 4 is 40.7 Å². The molecular weight excluding hydrogens is 328 g/mol. The molecule has 0 radical (unpaired) electrons. The number of hydrogen-bond donors (Lipinski definition) is 3. The second-order valence-corrected chi connectivity index (χ2v) is 5.63. The number of nitrogens with zero attached hydrogens (tertiary/aromatic N) is 5. The van der Waals surface area contributed by atoms with Gasteiger partial charge < -0.3 is 11.1 Å². The molecule has 1 aliphatic rings. The fraction of sp³-hybridized carbons (Fsp3) is 0.133. The summed E-state index contributed by atoms with van der Waals surface area (Å²) in [4.78, 5) is 8.96. The lowest BCUT2D eigenvalue weighted by atomic mass is 10.3. The molecule has 1 aromatic carbocycles. The van der Waals surface area contributed by atoms with Crippen molar-refractivity contribution in [1.29, 1.82) is 0 Å². The third kappa shape index (κ3) is 3.73. The van der Waals surface area contributed by atoms with Crippen LogP contribution in [0.2, 0.25) is 5.15 Å². The molecule has 1 atom stereocenters. The largest absolute Gasteiger partial charge is 0.524 e. The third-order valence-corrected chi connectivity index (χ3v) is 3.54. The maximum Gasteiger partial charge on any atom is 0.524 e. The number of azo groups is 1. The highest BCUT2D eigenvalue weighted by Gasteiger charge is 2.26. The van der Waals surface area contributed by atoms with E-state index in [4.69, 9.17) is 17.3 Å². The number of nitrogens with two attached hydrogens (primary N) is 1. The molecule has 0 bridgehead atoms. The second kappa shape index (κ2) is 6.73. The van der Waals surface area contributed by atoms with Crippen LogP contribution < -0.4 is 16.0 Å². The summed E-state index contributed by atoms with van der Waals surface area (Å²) in [5, 5.41) is 11.9. The number of quaternary nitrogens is 1. The highest BCUT2D eigenvalue weighted by molar-refractivity contribution is 6.29. The molecule has 4 N–H and O–H groups in total. The van der Waals surface area contributed by atoms with Crippen molar-refractivity contribution in [2.45, 2.75) is 0 Å². The molecule has 2 heterocycles. The molecule has 0 saturated carbocycles. The molecule has 8 nitrogen and oxygen atoms in total. The molecule has 122 valence electrons. The van der Waals surface area contributed by atoms with Gasteiger partial charge in [-0.05, 0) is 29.4 Å². The minimum Gasteiger partial charge on any atom is -0.368 e. The predicted molar refractivity (Wildman–Crippen MR) is 92.9 cm³/mol. The summed E-state index contributed by atoms with van der Waals surface area (Å²) in [5.74, 6) is 1.48. The molecule has 1 aliphatic heterocycles. The number of nitrogens with one attached hydrogen (secondary N) is 2. The Morgan fingerprint density at radius 3 is 2.58 bits per heavy atom. The van der Waals surface area contributed by atoms with Crippen molar-refractivity contribution < 1.29 is 9.48 Å². The van der Waals surface area contributed by atoms with Crippen LogP contribution in [0.5, 0.6) is 0 Å². The van der Waals surface area contributed by atoms with Crippen molar-refractivity contribution in [3.8, 4) is 0 Å². The molecule has 0 spiro atoms. The molecule has 2 aromatic rings. The maximum absolute atomic E-state index is 5.86. The molecule has 24 heavy (non-hydrogen) atoms. The molecule has 0 aliphatic carbocycles. The fourth-order valence-corrected chi connectivity index (χ4v) is 2.35. The Balaban J connectivity index is 1.71. The van der Waals surface area contributed by atoms with Crippen LogP contribution in [0.1, 0.15) is 0 Å². The van der Waals surface area contributed by atoms with Gasteiger partial charge in [-0.3, -0.25) is 0 Å².